The summed E-state index contributed by atoms with van der Waals surface area (Å²) in [6.07, 6.45) is 0. The zero-order chi connectivity index (χ0) is 25.0. The van der Waals surface area contributed by atoms with Crippen LogP contribution in [0, 0.1) is 6.92 Å². The molecular formula is C26H22Br2N2O4S. The summed E-state index contributed by atoms with van der Waals surface area (Å²) in [7, 11) is -2.68. The van der Waals surface area contributed by atoms with Crippen LogP contribution in [0.5, 0.6) is 5.75 Å². The summed E-state index contributed by atoms with van der Waals surface area (Å²) in [4.78, 5) is 14.3. The van der Waals surface area contributed by atoms with Crippen molar-refractivity contribution in [2.45, 2.75) is 23.9 Å². The van der Waals surface area contributed by atoms with E-state index in [0.717, 1.165) is 20.8 Å². The fourth-order valence-corrected chi connectivity index (χ4v) is 8.02. The smallest absolute Gasteiger partial charge is 0.286 e. The second-order valence-corrected chi connectivity index (χ2v) is 11.7. The van der Waals surface area contributed by atoms with E-state index in [1.54, 1.807) is 49.6 Å². The Morgan fingerprint density at radius 2 is 1.74 bits per heavy atom. The van der Waals surface area contributed by atoms with Gasteiger partial charge in [-0.2, -0.15) is 0 Å². The number of sulfonamides is 1. The second-order valence-electron chi connectivity index (χ2n) is 8.55. The molecule has 1 aromatic heterocycles. The summed E-state index contributed by atoms with van der Waals surface area (Å²) in [6, 6.07) is 21.4. The van der Waals surface area contributed by atoms with E-state index in [1.807, 2.05) is 41.8 Å². The monoisotopic (exact) mass is 616 g/mol. The number of carbonyl (C=O) groups excluding carboxylic acids is 1. The Kier molecular flexibility index (Phi) is 6.05. The van der Waals surface area contributed by atoms with Crippen molar-refractivity contribution in [3.8, 4) is 5.75 Å². The lowest BCUT2D eigenvalue weighted by molar-refractivity contribution is 0.0643. The molecule has 6 nitrogen and oxygen atoms in total. The van der Waals surface area contributed by atoms with Gasteiger partial charge in [-0.15, -0.1) is 0 Å². The Morgan fingerprint density at radius 3 is 2.43 bits per heavy atom. The van der Waals surface area contributed by atoms with Crippen LogP contribution in [0.25, 0.3) is 10.9 Å². The highest BCUT2D eigenvalue weighted by molar-refractivity contribution is 9.10. The largest absolute Gasteiger partial charge is 0.497 e. The van der Waals surface area contributed by atoms with Gasteiger partial charge < -0.3 is 9.30 Å². The van der Waals surface area contributed by atoms with Gasteiger partial charge in [0.25, 0.3) is 15.9 Å². The number of carbonyl (C=O) groups is 1. The van der Waals surface area contributed by atoms with Crippen molar-refractivity contribution in [2.24, 2.45) is 0 Å². The number of ether oxygens (including phenoxy) is 1. The quantitative estimate of drug-likeness (QED) is 0.263. The minimum atomic E-state index is -4.23. The summed E-state index contributed by atoms with van der Waals surface area (Å²) in [5.41, 5.74) is 1.49. The summed E-state index contributed by atoms with van der Waals surface area (Å²) >= 11 is 7.18. The summed E-state index contributed by atoms with van der Waals surface area (Å²) in [5.74, 6) is -0.0190. The minimum absolute atomic E-state index is 0.0605. The van der Waals surface area contributed by atoms with Crippen LogP contribution in [0.15, 0.2) is 82.2 Å². The first-order valence-electron chi connectivity index (χ1n) is 10.9. The zero-order valence-electron chi connectivity index (χ0n) is 19.0. The zero-order valence-corrected chi connectivity index (χ0v) is 23.0. The number of para-hydroxylation sites is 1. The SMILES string of the molecule is COc1cccc([C@]2(CBr)Cn3c(c(Br)c4ccccc43)C(=O)N2S(=O)(=O)c2ccc(C)cc2)c1. The van der Waals surface area contributed by atoms with Crippen molar-refractivity contribution in [1.29, 1.82) is 0 Å². The van der Waals surface area contributed by atoms with Gasteiger partial charge in [-0.05, 0) is 58.7 Å². The molecule has 0 unspecified atom stereocenters. The van der Waals surface area contributed by atoms with Crippen molar-refractivity contribution < 1.29 is 17.9 Å². The molecule has 0 saturated heterocycles. The first-order valence-corrected chi connectivity index (χ1v) is 14.2. The van der Waals surface area contributed by atoms with Gasteiger partial charge in [-0.3, -0.25) is 4.79 Å². The normalized spacial score (nSPS) is 18.1. The van der Waals surface area contributed by atoms with Crippen LogP contribution in [0.2, 0.25) is 0 Å². The predicted molar refractivity (Wildman–Crippen MR) is 143 cm³/mol. The molecule has 35 heavy (non-hydrogen) atoms. The minimum Gasteiger partial charge on any atom is -0.497 e. The molecule has 2 heterocycles. The number of hydrogen-bond acceptors (Lipinski definition) is 4. The maximum absolute atomic E-state index is 14.2. The molecule has 1 aliphatic rings. The molecule has 1 aliphatic heterocycles. The van der Waals surface area contributed by atoms with E-state index in [2.05, 4.69) is 31.9 Å². The first-order chi connectivity index (χ1) is 16.7. The number of alkyl halides is 1. The molecule has 0 radical (unpaired) electrons. The molecule has 0 saturated carbocycles. The number of benzene rings is 3. The maximum atomic E-state index is 14.2. The first kappa shape index (κ1) is 24.1. The van der Waals surface area contributed by atoms with Crippen molar-refractivity contribution in [1.82, 2.24) is 8.87 Å². The average molecular weight is 618 g/mol. The van der Waals surface area contributed by atoms with Crippen LogP contribution in [0.3, 0.4) is 0 Å². The Morgan fingerprint density at radius 1 is 1.03 bits per heavy atom. The van der Waals surface area contributed by atoms with Gasteiger partial charge in [0.1, 0.15) is 17.0 Å². The van der Waals surface area contributed by atoms with E-state index >= 15 is 0 Å². The fraction of sp³-hybridized carbons (Fsp3) is 0.192. The highest BCUT2D eigenvalue weighted by Gasteiger charge is 2.53. The van der Waals surface area contributed by atoms with Crippen LogP contribution >= 0.6 is 31.9 Å². The van der Waals surface area contributed by atoms with E-state index < -0.39 is 21.5 Å². The third-order valence-electron chi connectivity index (χ3n) is 6.49. The molecule has 5 rings (SSSR count). The number of rotatable bonds is 5. The molecule has 180 valence electrons. The van der Waals surface area contributed by atoms with Gasteiger partial charge in [0, 0.05) is 16.2 Å². The van der Waals surface area contributed by atoms with Crippen LogP contribution < -0.4 is 4.74 Å². The maximum Gasteiger partial charge on any atom is 0.286 e. The number of aryl methyl sites for hydroxylation is 1. The predicted octanol–water partition coefficient (Wildman–Crippen LogP) is 5.86. The lowest BCUT2D eigenvalue weighted by atomic mass is 9.89. The average Bonchev–Trinajstić information content (AvgIpc) is 3.15. The number of fused-ring (bicyclic) bond motifs is 3. The van der Waals surface area contributed by atoms with Gasteiger partial charge >= 0.3 is 0 Å². The summed E-state index contributed by atoms with van der Waals surface area (Å²) < 4.78 is 37.3. The molecule has 0 bridgehead atoms. The summed E-state index contributed by atoms with van der Waals surface area (Å²) in [5, 5.41) is 1.03. The van der Waals surface area contributed by atoms with Gasteiger partial charge in [0.2, 0.25) is 0 Å². The third-order valence-corrected chi connectivity index (χ3v) is 10.1. The van der Waals surface area contributed by atoms with Crippen LogP contribution in [-0.2, 0) is 22.1 Å². The van der Waals surface area contributed by atoms with E-state index in [9.17, 15) is 13.2 Å². The number of aromatic nitrogens is 1. The van der Waals surface area contributed by atoms with Crippen LogP contribution in [0.4, 0.5) is 0 Å². The molecule has 1 amide bonds. The number of halogens is 2. The molecule has 3 aromatic carbocycles. The lowest BCUT2D eigenvalue weighted by Crippen LogP contribution is -2.59. The number of amides is 1. The Hall–Kier alpha value is -2.62. The number of hydrogen-bond donors (Lipinski definition) is 0. The van der Waals surface area contributed by atoms with Crippen LogP contribution in [0.1, 0.15) is 21.6 Å². The van der Waals surface area contributed by atoms with E-state index in [1.165, 1.54) is 0 Å². The second kappa shape index (κ2) is 8.80. The Bertz CT molecular complexity index is 1560. The molecule has 0 aliphatic carbocycles. The topological polar surface area (TPSA) is 68.6 Å². The lowest BCUT2D eigenvalue weighted by Gasteiger charge is -2.46. The molecule has 1 atom stereocenters. The molecule has 0 N–H and O–H groups in total. The Balaban J connectivity index is 1.84. The van der Waals surface area contributed by atoms with Crippen molar-refractivity contribution in [2.75, 3.05) is 12.4 Å². The highest BCUT2D eigenvalue weighted by Crippen LogP contribution is 2.46. The molecule has 9 heteroatoms. The Labute approximate surface area is 220 Å². The van der Waals surface area contributed by atoms with Crippen molar-refractivity contribution >= 4 is 58.7 Å². The van der Waals surface area contributed by atoms with Gasteiger partial charge in [0.15, 0.2) is 0 Å². The van der Waals surface area contributed by atoms with E-state index in [-0.39, 0.29) is 16.8 Å². The van der Waals surface area contributed by atoms with E-state index in [4.69, 9.17) is 4.74 Å². The van der Waals surface area contributed by atoms with Crippen molar-refractivity contribution in [3.05, 3.63) is 94.1 Å². The van der Waals surface area contributed by atoms with E-state index in [0.29, 0.717) is 21.5 Å². The molecule has 0 fully saturated rings. The van der Waals surface area contributed by atoms with Gasteiger partial charge in [-0.1, -0.05) is 64.0 Å². The fourth-order valence-electron chi connectivity index (χ4n) is 4.70. The van der Waals surface area contributed by atoms with Crippen molar-refractivity contribution in [3.63, 3.8) is 0 Å². The van der Waals surface area contributed by atoms with Crippen LogP contribution in [-0.4, -0.2) is 35.6 Å². The third kappa shape index (κ3) is 3.63. The molecule has 0 spiro atoms. The summed E-state index contributed by atoms with van der Waals surface area (Å²) in [6.45, 7) is 2.11. The molecule has 4 aromatic rings. The number of methoxy groups -OCH3 is 1. The molecular weight excluding hydrogens is 596 g/mol. The van der Waals surface area contributed by atoms with Gasteiger partial charge in [-0.25, -0.2) is 12.7 Å². The number of nitrogens with zero attached hydrogens (tertiary/aromatic N) is 2. The highest BCUT2D eigenvalue weighted by atomic mass is 79.9. The van der Waals surface area contributed by atoms with Gasteiger partial charge in [0.05, 0.1) is 23.0 Å². The standard InChI is InChI=1S/C26H22Br2N2O4S/c1-17-10-12-20(13-11-17)35(32,33)30-25(31)24-23(28)21-8-3-4-9-22(21)29(24)16-26(30,15-27)18-6-5-7-19(14-18)34-2/h3-14H,15-16H2,1-2H3/t26-/m0/s1.